The number of nitrogens with two attached hydrogens (primary N) is 1. The number of aromatic amines is 1. The fourth-order valence-electron chi connectivity index (χ4n) is 1.78. The summed E-state index contributed by atoms with van der Waals surface area (Å²) < 4.78 is 0. The molecule has 1 aromatic rings. The Labute approximate surface area is 102 Å². The first-order valence-electron chi connectivity index (χ1n) is 6.00. The monoisotopic (exact) mass is 238 g/mol. The molecule has 5 nitrogen and oxygen atoms in total. The zero-order chi connectivity index (χ0) is 13.0. The Morgan fingerprint density at radius 3 is 2.29 bits per heavy atom. The van der Waals surface area contributed by atoms with Gasteiger partial charge in [-0.05, 0) is 11.8 Å². The van der Waals surface area contributed by atoms with Gasteiger partial charge in [-0.3, -0.25) is 4.79 Å². The van der Waals surface area contributed by atoms with E-state index in [0.717, 1.165) is 13.1 Å². The minimum atomic E-state index is -0.271. The number of anilines is 2. The lowest BCUT2D eigenvalue weighted by molar-refractivity contribution is 0.549. The zero-order valence-electron chi connectivity index (χ0n) is 11.0. The molecule has 5 heteroatoms. The van der Waals surface area contributed by atoms with Crippen LogP contribution >= 0.6 is 0 Å². The molecule has 0 saturated heterocycles. The standard InChI is InChI=1S/C12H22N4O/c1-8(2)5-16(6-9(3)4)11-10(13)12(17)15-7-14-11/h7-9H,5-6,13H2,1-4H3,(H,14,15,17). The fourth-order valence-corrected chi connectivity index (χ4v) is 1.78. The van der Waals surface area contributed by atoms with Gasteiger partial charge in [0.25, 0.3) is 5.56 Å². The molecule has 0 aromatic carbocycles. The number of nitrogens with zero attached hydrogens (tertiary/aromatic N) is 2. The molecule has 0 aliphatic carbocycles. The molecule has 17 heavy (non-hydrogen) atoms. The van der Waals surface area contributed by atoms with Crippen molar-refractivity contribution in [3.63, 3.8) is 0 Å². The largest absolute Gasteiger partial charge is 0.391 e. The fraction of sp³-hybridized carbons (Fsp3) is 0.667. The highest BCUT2D eigenvalue weighted by atomic mass is 16.1. The molecule has 0 unspecified atom stereocenters. The summed E-state index contributed by atoms with van der Waals surface area (Å²) in [5.41, 5.74) is 5.72. The van der Waals surface area contributed by atoms with E-state index in [1.807, 2.05) is 0 Å². The molecule has 0 atom stereocenters. The van der Waals surface area contributed by atoms with Crippen LogP contribution in [0.5, 0.6) is 0 Å². The molecule has 1 rings (SSSR count). The van der Waals surface area contributed by atoms with Gasteiger partial charge in [-0.2, -0.15) is 0 Å². The molecular weight excluding hydrogens is 216 g/mol. The first kappa shape index (κ1) is 13.5. The number of H-pyrrole nitrogens is 1. The predicted octanol–water partition coefficient (Wildman–Crippen LogP) is 1.47. The van der Waals surface area contributed by atoms with Gasteiger partial charge in [-0.1, -0.05) is 27.7 Å². The summed E-state index contributed by atoms with van der Waals surface area (Å²) >= 11 is 0. The average molecular weight is 238 g/mol. The van der Waals surface area contributed by atoms with Crippen LogP contribution in [-0.2, 0) is 0 Å². The Bertz CT molecular complexity index is 401. The third-order valence-corrected chi connectivity index (χ3v) is 2.34. The van der Waals surface area contributed by atoms with Crippen LogP contribution in [0.15, 0.2) is 11.1 Å². The van der Waals surface area contributed by atoms with E-state index in [-0.39, 0.29) is 11.2 Å². The quantitative estimate of drug-likeness (QED) is 0.814. The summed E-state index contributed by atoms with van der Waals surface area (Å²) in [6.07, 6.45) is 1.40. The number of hydrogen-bond donors (Lipinski definition) is 2. The van der Waals surface area contributed by atoms with E-state index < -0.39 is 0 Å². The number of hydrogen-bond acceptors (Lipinski definition) is 4. The maximum absolute atomic E-state index is 11.5. The van der Waals surface area contributed by atoms with Gasteiger partial charge in [0.1, 0.15) is 5.69 Å². The van der Waals surface area contributed by atoms with Crippen LogP contribution < -0.4 is 16.2 Å². The van der Waals surface area contributed by atoms with Gasteiger partial charge in [0.05, 0.1) is 6.33 Å². The van der Waals surface area contributed by atoms with Crippen molar-refractivity contribution in [3.05, 3.63) is 16.7 Å². The topological polar surface area (TPSA) is 75.0 Å². The normalized spacial score (nSPS) is 11.2. The maximum atomic E-state index is 11.5. The van der Waals surface area contributed by atoms with Crippen LogP contribution in [0.1, 0.15) is 27.7 Å². The van der Waals surface area contributed by atoms with E-state index in [9.17, 15) is 4.79 Å². The van der Waals surface area contributed by atoms with Crippen LogP contribution in [0, 0.1) is 11.8 Å². The number of nitrogens with one attached hydrogen (secondary N) is 1. The smallest absolute Gasteiger partial charge is 0.276 e. The predicted molar refractivity (Wildman–Crippen MR) is 71.2 cm³/mol. The summed E-state index contributed by atoms with van der Waals surface area (Å²) in [5.74, 6) is 1.58. The number of aromatic nitrogens is 2. The van der Waals surface area contributed by atoms with E-state index in [1.54, 1.807) is 0 Å². The third kappa shape index (κ3) is 3.76. The van der Waals surface area contributed by atoms with Crippen LogP contribution in [0.25, 0.3) is 0 Å². The summed E-state index contributed by atoms with van der Waals surface area (Å²) in [6.45, 7) is 10.2. The second kappa shape index (κ2) is 5.70. The van der Waals surface area contributed by atoms with Gasteiger partial charge in [0, 0.05) is 13.1 Å². The minimum Gasteiger partial charge on any atom is -0.391 e. The van der Waals surface area contributed by atoms with E-state index in [2.05, 4.69) is 42.6 Å². The molecule has 1 heterocycles. The SMILES string of the molecule is CC(C)CN(CC(C)C)c1nc[nH]c(=O)c1N. The lowest BCUT2D eigenvalue weighted by Crippen LogP contribution is -2.34. The Morgan fingerprint density at radius 1 is 1.29 bits per heavy atom. The summed E-state index contributed by atoms with van der Waals surface area (Å²) in [6, 6.07) is 0. The average Bonchev–Trinajstić information content (AvgIpc) is 2.19. The molecule has 96 valence electrons. The van der Waals surface area contributed by atoms with Crippen LogP contribution in [0.3, 0.4) is 0 Å². The van der Waals surface area contributed by atoms with Crippen molar-refractivity contribution in [3.8, 4) is 0 Å². The van der Waals surface area contributed by atoms with Crippen LogP contribution in [0.4, 0.5) is 11.5 Å². The van der Waals surface area contributed by atoms with Gasteiger partial charge < -0.3 is 15.6 Å². The number of rotatable bonds is 5. The van der Waals surface area contributed by atoms with E-state index in [1.165, 1.54) is 6.33 Å². The summed E-state index contributed by atoms with van der Waals surface area (Å²) in [4.78, 5) is 20.2. The van der Waals surface area contributed by atoms with Crippen molar-refractivity contribution in [2.45, 2.75) is 27.7 Å². The molecule has 0 saturated carbocycles. The van der Waals surface area contributed by atoms with Crippen molar-refractivity contribution in [1.29, 1.82) is 0 Å². The van der Waals surface area contributed by atoms with E-state index >= 15 is 0 Å². The molecule has 0 aliphatic heterocycles. The molecule has 0 amide bonds. The Balaban J connectivity index is 3.03. The van der Waals surface area contributed by atoms with E-state index in [4.69, 9.17) is 5.73 Å². The zero-order valence-corrected chi connectivity index (χ0v) is 11.0. The molecule has 0 aliphatic rings. The van der Waals surface area contributed by atoms with Crippen molar-refractivity contribution in [1.82, 2.24) is 9.97 Å². The van der Waals surface area contributed by atoms with Crippen molar-refractivity contribution in [2.75, 3.05) is 23.7 Å². The summed E-state index contributed by atoms with van der Waals surface area (Å²) in [7, 11) is 0. The van der Waals surface area contributed by atoms with Gasteiger partial charge in [-0.15, -0.1) is 0 Å². The van der Waals surface area contributed by atoms with E-state index in [0.29, 0.717) is 17.7 Å². The maximum Gasteiger partial charge on any atom is 0.276 e. The van der Waals surface area contributed by atoms with Gasteiger partial charge >= 0.3 is 0 Å². The Kier molecular flexibility index (Phi) is 4.54. The molecule has 1 aromatic heterocycles. The second-order valence-corrected chi connectivity index (χ2v) is 5.16. The highest BCUT2D eigenvalue weighted by molar-refractivity contribution is 5.60. The Morgan fingerprint density at radius 2 is 1.82 bits per heavy atom. The molecule has 0 spiro atoms. The van der Waals surface area contributed by atoms with Gasteiger partial charge in [0.15, 0.2) is 5.82 Å². The molecule has 3 N–H and O–H groups in total. The Hall–Kier alpha value is -1.52. The van der Waals surface area contributed by atoms with Gasteiger partial charge in [0.2, 0.25) is 0 Å². The third-order valence-electron chi connectivity index (χ3n) is 2.34. The van der Waals surface area contributed by atoms with Crippen molar-refractivity contribution >= 4 is 11.5 Å². The molecule has 0 fully saturated rings. The summed E-state index contributed by atoms with van der Waals surface area (Å²) in [5, 5.41) is 0. The van der Waals surface area contributed by atoms with Crippen molar-refractivity contribution < 1.29 is 0 Å². The first-order chi connectivity index (χ1) is 7.91. The molecule has 0 bridgehead atoms. The minimum absolute atomic E-state index is 0.203. The van der Waals surface area contributed by atoms with Gasteiger partial charge in [-0.25, -0.2) is 4.98 Å². The highest BCUT2D eigenvalue weighted by Gasteiger charge is 2.15. The van der Waals surface area contributed by atoms with Crippen LogP contribution in [-0.4, -0.2) is 23.1 Å². The lowest BCUT2D eigenvalue weighted by atomic mass is 10.1. The first-order valence-corrected chi connectivity index (χ1v) is 6.00. The second-order valence-electron chi connectivity index (χ2n) is 5.16. The lowest BCUT2D eigenvalue weighted by Gasteiger charge is -2.27. The number of nitrogen functional groups attached to an aromatic ring is 1. The highest BCUT2D eigenvalue weighted by Crippen LogP contribution is 2.18. The van der Waals surface area contributed by atoms with Crippen LogP contribution in [0.2, 0.25) is 0 Å². The molecule has 0 radical (unpaired) electrons. The molecular formula is C12H22N4O. The van der Waals surface area contributed by atoms with Crippen molar-refractivity contribution in [2.24, 2.45) is 11.8 Å².